The average molecular weight is 381 g/mol. The zero-order valence-corrected chi connectivity index (χ0v) is 17.6. The number of aliphatic imine (C=N–C) groups is 1. The van der Waals surface area contributed by atoms with Crippen LogP contribution in [0.5, 0.6) is 0 Å². The molecular weight excluding hydrogens is 348 g/mol. The number of piperidine rings is 1. The number of rotatable bonds is 3. The van der Waals surface area contributed by atoms with Crippen molar-refractivity contribution in [3.63, 3.8) is 0 Å². The van der Waals surface area contributed by atoms with E-state index in [0.717, 1.165) is 25.6 Å². The first-order valence-corrected chi connectivity index (χ1v) is 11.2. The van der Waals surface area contributed by atoms with Crippen LogP contribution < -0.4 is 5.32 Å². The van der Waals surface area contributed by atoms with Crippen molar-refractivity contribution in [2.24, 2.45) is 10.9 Å². The summed E-state index contributed by atoms with van der Waals surface area (Å²) < 4.78 is 0.306. The molecule has 0 saturated carbocycles. The fourth-order valence-corrected chi connectivity index (χ4v) is 6.23. The van der Waals surface area contributed by atoms with Gasteiger partial charge in [0.2, 0.25) is 0 Å². The molecule has 0 aliphatic carbocycles. The molecule has 6 heteroatoms. The third-order valence-corrected chi connectivity index (χ3v) is 7.54. The number of nitrogens with one attached hydrogen (secondary N) is 1. The van der Waals surface area contributed by atoms with Crippen LogP contribution in [0.4, 0.5) is 0 Å². The normalized spacial score (nSPS) is 28.2. The lowest BCUT2D eigenvalue weighted by Crippen LogP contribution is -2.52. The van der Waals surface area contributed by atoms with Gasteiger partial charge in [-0.15, -0.1) is 11.3 Å². The summed E-state index contributed by atoms with van der Waals surface area (Å²) >= 11 is 3.96. The molecule has 3 rings (SSSR count). The van der Waals surface area contributed by atoms with E-state index in [4.69, 9.17) is 0 Å². The van der Waals surface area contributed by atoms with Gasteiger partial charge in [0.15, 0.2) is 5.96 Å². The number of thioether (sulfide) groups is 1. The zero-order valence-electron chi connectivity index (χ0n) is 16.0. The number of nitrogens with zero attached hydrogens (tertiary/aromatic N) is 3. The molecule has 2 saturated heterocycles. The molecule has 2 aliphatic rings. The van der Waals surface area contributed by atoms with Gasteiger partial charge in [-0.25, -0.2) is 0 Å². The highest BCUT2D eigenvalue weighted by molar-refractivity contribution is 8.00. The van der Waals surface area contributed by atoms with Gasteiger partial charge in [-0.1, -0.05) is 6.07 Å². The smallest absolute Gasteiger partial charge is 0.193 e. The van der Waals surface area contributed by atoms with Crippen molar-refractivity contribution in [3.8, 4) is 0 Å². The first-order valence-electron chi connectivity index (χ1n) is 9.33. The molecule has 2 fully saturated rings. The molecule has 4 nitrogen and oxygen atoms in total. The van der Waals surface area contributed by atoms with Crippen molar-refractivity contribution in [2.75, 3.05) is 46.0 Å². The summed E-state index contributed by atoms with van der Waals surface area (Å²) in [5, 5.41) is 5.91. The van der Waals surface area contributed by atoms with E-state index in [1.807, 2.05) is 18.4 Å². The van der Waals surface area contributed by atoms with E-state index >= 15 is 0 Å². The second-order valence-corrected chi connectivity index (χ2v) is 10.6. The fourth-order valence-electron chi connectivity index (χ4n) is 4.13. The largest absolute Gasteiger partial charge is 0.356 e. The summed E-state index contributed by atoms with van der Waals surface area (Å²) in [7, 11) is 4.19. The second-order valence-electron chi connectivity index (χ2n) is 7.80. The number of guanidine groups is 1. The summed E-state index contributed by atoms with van der Waals surface area (Å²) in [6.45, 7) is 9.03. The highest BCUT2D eigenvalue weighted by Gasteiger charge is 2.32. The lowest BCUT2D eigenvalue weighted by Gasteiger charge is -2.41. The summed E-state index contributed by atoms with van der Waals surface area (Å²) in [5.41, 5.74) is 0. The van der Waals surface area contributed by atoms with E-state index in [2.05, 4.69) is 70.3 Å². The molecular formula is C19H32N4S2. The standard InChI is InChI=1S/C19H32N4S2/c1-19(2)14-23(10-12-25-19)18(20-3)21-13-15-7-5-9-22(4)17(15)16-8-6-11-24-16/h6,8,11,15,17H,5,7,9-10,12-14H2,1-4H3,(H,20,21). The van der Waals surface area contributed by atoms with E-state index in [-0.39, 0.29) is 0 Å². The Bertz CT molecular complexity index is 570. The zero-order chi connectivity index (χ0) is 17.9. The van der Waals surface area contributed by atoms with E-state index in [1.165, 1.54) is 30.0 Å². The van der Waals surface area contributed by atoms with Gasteiger partial charge in [0.05, 0.1) is 0 Å². The highest BCUT2D eigenvalue weighted by atomic mass is 32.2. The first kappa shape index (κ1) is 19.1. The van der Waals surface area contributed by atoms with Crippen molar-refractivity contribution in [1.82, 2.24) is 15.1 Å². The van der Waals surface area contributed by atoms with E-state index in [1.54, 1.807) is 0 Å². The maximum atomic E-state index is 4.58. The Labute approximate surface area is 161 Å². The molecule has 3 heterocycles. The molecule has 0 amide bonds. The van der Waals surface area contributed by atoms with Crippen molar-refractivity contribution in [3.05, 3.63) is 22.4 Å². The predicted octanol–water partition coefficient (Wildman–Crippen LogP) is 3.53. The third-order valence-electron chi connectivity index (χ3n) is 5.30. The molecule has 1 aromatic rings. The van der Waals surface area contributed by atoms with Crippen LogP contribution in [0, 0.1) is 5.92 Å². The molecule has 2 atom stereocenters. The minimum Gasteiger partial charge on any atom is -0.356 e. The molecule has 0 bridgehead atoms. The van der Waals surface area contributed by atoms with Gasteiger partial charge >= 0.3 is 0 Å². The summed E-state index contributed by atoms with van der Waals surface area (Å²) in [6, 6.07) is 5.01. The number of hydrogen-bond acceptors (Lipinski definition) is 4. The second kappa shape index (κ2) is 8.31. The highest BCUT2D eigenvalue weighted by Crippen LogP contribution is 2.37. The monoisotopic (exact) mass is 380 g/mol. The summed E-state index contributed by atoms with van der Waals surface area (Å²) in [6.07, 6.45) is 2.58. The topological polar surface area (TPSA) is 30.9 Å². The van der Waals surface area contributed by atoms with Gasteiger partial charge in [0, 0.05) is 48.1 Å². The lowest BCUT2D eigenvalue weighted by atomic mass is 9.88. The van der Waals surface area contributed by atoms with Crippen LogP contribution in [-0.2, 0) is 0 Å². The Morgan fingerprint density at radius 1 is 1.40 bits per heavy atom. The summed E-state index contributed by atoms with van der Waals surface area (Å²) in [5.74, 6) is 2.89. The molecule has 1 aromatic heterocycles. The maximum Gasteiger partial charge on any atom is 0.193 e. The van der Waals surface area contributed by atoms with Gasteiger partial charge in [-0.05, 0) is 57.6 Å². The van der Waals surface area contributed by atoms with Gasteiger partial charge < -0.3 is 10.2 Å². The van der Waals surface area contributed by atoms with Crippen LogP contribution in [-0.4, -0.2) is 66.5 Å². The molecule has 1 N–H and O–H groups in total. The van der Waals surface area contributed by atoms with Crippen molar-refractivity contribution in [1.29, 1.82) is 0 Å². The molecule has 0 spiro atoms. The molecule has 140 valence electrons. The van der Waals surface area contributed by atoms with Gasteiger partial charge in [-0.3, -0.25) is 9.89 Å². The van der Waals surface area contributed by atoms with Crippen LogP contribution in [0.3, 0.4) is 0 Å². The summed E-state index contributed by atoms with van der Waals surface area (Å²) in [4.78, 5) is 11.0. The van der Waals surface area contributed by atoms with Crippen molar-refractivity contribution >= 4 is 29.1 Å². The van der Waals surface area contributed by atoms with Crippen LogP contribution in [0.1, 0.15) is 37.6 Å². The quantitative estimate of drug-likeness (QED) is 0.642. The molecule has 2 aliphatic heterocycles. The number of thiophene rings is 1. The Morgan fingerprint density at radius 2 is 2.24 bits per heavy atom. The molecule has 0 radical (unpaired) electrons. The Hall–Kier alpha value is -0.720. The van der Waals surface area contributed by atoms with Crippen molar-refractivity contribution < 1.29 is 0 Å². The average Bonchev–Trinajstić information content (AvgIpc) is 3.08. The predicted molar refractivity (Wildman–Crippen MR) is 112 cm³/mol. The Morgan fingerprint density at radius 3 is 2.92 bits per heavy atom. The number of hydrogen-bond donors (Lipinski definition) is 1. The SMILES string of the molecule is CN=C(NCC1CCCN(C)C1c1cccs1)N1CCSC(C)(C)C1. The van der Waals surface area contributed by atoms with E-state index in [9.17, 15) is 0 Å². The third kappa shape index (κ3) is 4.72. The van der Waals surface area contributed by atoms with Crippen LogP contribution in [0.2, 0.25) is 0 Å². The van der Waals surface area contributed by atoms with Crippen LogP contribution in [0.25, 0.3) is 0 Å². The molecule has 25 heavy (non-hydrogen) atoms. The lowest BCUT2D eigenvalue weighted by molar-refractivity contribution is 0.124. The van der Waals surface area contributed by atoms with Crippen molar-refractivity contribution in [2.45, 2.75) is 37.5 Å². The first-order chi connectivity index (χ1) is 12.0. The Balaban J connectivity index is 1.64. The fraction of sp³-hybridized carbons (Fsp3) is 0.737. The van der Waals surface area contributed by atoms with Gasteiger partial charge in [0.25, 0.3) is 0 Å². The molecule has 2 unspecified atom stereocenters. The van der Waals surface area contributed by atoms with Gasteiger partial charge in [-0.2, -0.15) is 11.8 Å². The minimum atomic E-state index is 0.306. The Kier molecular flexibility index (Phi) is 6.34. The van der Waals surface area contributed by atoms with Crippen LogP contribution in [0.15, 0.2) is 22.5 Å². The van der Waals surface area contributed by atoms with Gasteiger partial charge in [0.1, 0.15) is 0 Å². The number of likely N-dealkylation sites (tertiary alicyclic amines) is 1. The van der Waals surface area contributed by atoms with E-state index in [0.29, 0.717) is 16.7 Å². The minimum absolute atomic E-state index is 0.306. The maximum absolute atomic E-state index is 4.58. The van der Waals surface area contributed by atoms with E-state index < -0.39 is 0 Å². The van der Waals surface area contributed by atoms with Crippen LogP contribution >= 0.6 is 23.1 Å². The molecule has 0 aromatic carbocycles.